The molecule has 31 heavy (non-hydrogen) atoms. The molecule has 6 heteroatoms. The van der Waals surface area contributed by atoms with Crippen molar-refractivity contribution in [2.45, 2.75) is 105 Å². The number of rotatable bonds is 7. The second-order valence-electron chi connectivity index (χ2n) is 10.1. The minimum absolute atomic E-state index is 0.180. The first-order valence-corrected chi connectivity index (χ1v) is 11.9. The number of anilines is 2. The largest absolute Gasteiger partial charge is 0.507 e. The zero-order valence-corrected chi connectivity index (χ0v) is 21.5. The van der Waals surface area contributed by atoms with Crippen molar-refractivity contribution in [1.29, 1.82) is 0 Å². The Morgan fingerprint density at radius 1 is 0.871 bits per heavy atom. The van der Waals surface area contributed by atoms with E-state index in [0.717, 1.165) is 16.8 Å². The zero-order valence-electron chi connectivity index (χ0n) is 20.7. The van der Waals surface area contributed by atoms with Crippen LogP contribution in [0.25, 0.3) is 0 Å². The molecule has 1 aromatic carbocycles. The lowest BCUT2D eigenvalue weighted by Crippen LogP contribution is -2.17. The van der Waals surface area contributed by atoms with E-state index in [1.54, 1.807) is 0 Å². The molecule has 0 amide bonds. The summed E-state index contributed by atoms with van der Waals surface area (Å²) in [4.78, 5) is 10.9. The van der Waals surface area contributed by atoms with Gasteiger partial charge in [-0.05, 0) is 35.2 Å². The van der Waals surface area contributed by atoms with Crippen molar-refractivity contribution in [3.05, 3.63) is 34.4 Å². The number of aromatic hydroxyl groups is 1. The molecule has 2 rings (SSSR count). The van der Waals surface area contributed by atoms with Crippen LogP contribution < -0.4 is 5.32 Å². The highest BCUT2D eigenvalue weighted by Gasteiger charge is 2.26. The molecule has 3 N–H and O–H groups in total. The van der Waals surface area contributed by atoms with Crippen LogP contribution in [0.2, 0.25) is 0 Å². The second kappa shape index (κ2) is 12.2. The summed E-state index contributed by atoms with van der Waals surface area (Å²) in [5.41, 5.74) is 2.27. The summed E-state index contributed by atoms with van der Waals surface area (Å²) in [7, 11) is 0. The number of unbranched alkanes of at least 4 members (excludes halogenated alkanes) is 5. The Morgan fingerprint density at radius 3 is 1.74 bits per heavy atom. The Hall–Kier alpha value is -1.95. The molecule has 0 atom stereocenters. The third kappa shape index (κ3) is 9.38. The molecule has 0 unspecified atom stereocenters. The molecule has 174 valence electrons. The minimum atomic E-state index is -0.180. The van der Waals surface area contributed by atoms with E-state index >= 15 is 0 Å². The van der Waals surface area contributed by atoms with Crippen LogP contribution in [0.5, 0.6) is 5.75 Å². The highest BCUT2D eigenvalue weighted by atomic mass is 32.1. The number of hydrogen-bond donors (Lipinski definition) is 3. The summed E-state index contributed by atoms with van der Waals surface area (Å²) in [6.07, 6.45) is 9.90. The first-order valence-electron chi connectivity index (χ1n) is 11.5. The van der Waals surface area contributed by atoms with Crippen molar-refractivity contribution in [3.63, 3.8) is 0 Å². The van der Waals surface area contributed by atoms with Gasteiger partial charge in [-0.25, -0.2) is 9.97 Å². The summed E-state index contributed by atoms with van der Waals surface area (Å²) in [5.74, 6) is 0.876. The van der Waals surface area contributed by atoms with Crippen molar-refractivity contribution in [3.8, 4) is 5.75 Å². The summed E-state index contributed by atoms with van der Waals surface area (Å²) in [6.45, 7) is 17.0. The van der Waals surface area contributed by atoms with Crippen molar-refractivity contribution in [2.75, 3.05) is 5.32 Å². The SMILES string of the molecule is CC(C)(C)c1cc(Nc2ncnc(=S)[nH]2)cc(C(C)(C)C)c1O.CCCCCCCC. The van der Waals surface area contributed by atoms with Gasteiger partial charge in [0.2, 0.25) is 10.7 Å². The molecule has 0 aliphatic heterocycles. The van der Waals surface area contributed by atoms with Crippen molar-refractivity contribution in [2.24, 2.45) is 0 Å². The first-order chi connectivity index (χ1) is 14.4. The minimum Gasteiger partial charge on any atom is -0.507 e. The number of nitrogens with zero attached hydrogens (tertiary/aromatic N) is 2. The quantitative estimate of drug-likeness (QED) is 0.229. The van der Waals surface area contributed by atoms with E-state index in [1.807, 2.05) is 12.1 Å². The van der Waals surface area contributed by atoms with Crippen molar-refractivity contribution >= 4 is 23.9 Å². The highest BCUT2D eigenvalue weighted by Crippen LogP contribution is 2.41. The zero-order chi connectivity index (χ0) is 23.7. The van der Waals surface area contributed by atoms with Crippen molar-refractivity contribution < 1.29 is 5.11 Å². The predicted octanol–water partition coefficient (Wildman–Crippen LogP) is 7.95. The van der Waals surface area contributed by atoms with Gasteiger partial charge in [0.05, 0.1) is 0 Å². The number of aromatic nitrogens is 3. The van der Waals surface area contributed by atoms with Crippen LogP contribution in [0, 0.1) is 4.77 Å². The monoisotopic (exact) mass is 446 g/mol. The molecule has 1 heterocycles. The van der Waals surface area contributed by atoms with E-state index in [9.17, 15) is 5.11 Å². The average Bonchev–Trinajstić information content (AvgIpc) is 2.65. The summed E-state index contributed by atoms with van der Waals surface area (Å²) >= 11 is 5.02. The van der Waals surface area contributed by atoms with Gasteiger partial charge in [-0.2, -0.15) is 0 Å². The molecule has 5 nitrogen and oxygen atoms in total. The number of hydrogen-bond acceptors (Lipinski definition) is 5. The Kier molecular flexibility index (Phi) is 10.6. The highest BCUT2D eigenvalue weighted by molar-refractivity contribution is 7.71. The smallest absolute Gasteiger partial charge is 0.208 e. The predicted molar refractivity (Wildman–Crippen MR) is 135 cm³/mol. The maximum atomic E-state index is 10.7. The number of H-pyrrole nitrogens is 1. The molecule has 0 radical (unpaired) electrons. The third-order valence-electron chi connectivity index (χ3n) is 5.03. The molecule has 1 aromatic heterocycles. The lowest BCUT2D eigenvalue weighted by atomic mass is 9.79. The Labute approximate surface area is 194 Å². The fourth-order valence-corrected chi connectivity index (χ4v) is 3.35. The normalized spacial score (nSPS) is 11.6. The number of phenolic OH excluding ortho intramolecular Hbond substituents is 1. The molecule has 0 saturated carbocycles. The van der Waals surface area contributed by atoms with Crippen molar-refractivity contribution in [1.82, 2.24) is 15.0 Å². The standard InChI is InChI=1S/C17H24N4OS.C8H18/c1-16(2,3)11-7-10(8-12(13(11)22)17(4,5)6)20-14-18-9-19-15(23)21-14;1-3-5-7-8-6-4-2/h7-9,22H,1-6H3,(H2,18,19,20,21,23);3-8H2,1-2H3. The molecule has 0 spiro atoms. The fourth-order valence-electron chi connectivity index (χ4n) is 3.21. The van der Waals surface area contributed by atoms with Crippen LogP contribution >= 0.6 is 12.2 Å². The van der Waals surface area contributed by atoms with Crippen LogP contribution in [-0.2, 0) is 10.8 Å². The fraction of sp³-hybridized carbons (Fsp3) is 0.640. The van der Waals surface area contributed by atoms with Gasteiger partial charge >= 0.3 is 0 Å². The summed E-state index contributed by atoms with van der Waals surface area (Å²) in [5, 5.41) is 13.9. The van der Waals surface area contributed by atoms with E-state index in [1.165, 1.54) is 44.9 Å². The molecule has 0 aliphatic carbocycles. The molecule has 0 bridgehead atoms. The van der Waals surface area contributed by atoms with E-state index in [-0.39, 0.29) is 10.8 Å². The topological polar surface area (TPSA) is 73.8 Å². The molecule has 0 fully saturated rings. The van der Waals surface area contributed by atoms with Gasteiger partial charge in [-0.3, -0.25) is 0 Å². The number of aromatic amines is 1. The maximum absolute atomic E-state index is 10.7. The Morgan fingerprint density at radius 2 is 1.35 bits per heavy atom. The maximum Gasteiger partial charge on any atom is 0.208 e. The Bertz CT molecular complexity index is 822. The van der Waals surface area contributed by atoms with E-state index in [0.29, 0.717) is 16.5 Å². The van der Waals surface area contributed by atoms with Crippen LogP contribution in [0.4, 0.5) is 11.6 Å². The van der Waals surface area contributed by atoms with Gasteiger partial charge < -0.3 is 15.4 Å². The van der Waals surface area contributed by atoms with Gasteiger partial charge in [0.25, 0.3) is 0 Å². The second-order valence-corrected chi connectivity index (χ2v) is 10.5. The Balaban J connectivity index is 0.000000512. The van der Waals surface area contributed by atoms with Gasteiger partial charge in [0.15, 0.2) is 0 Å². The number of benzene rings is 1. The van der Waals surface area contributed by atoms with E-state index in [4.69, 9.17) is 12.2 Å². The molecular formula is C25H42N4OS. The van der Waals surface area contributed by atoms with Crippen LogP contribution in [0.1, 0.15) is 105 Å². The molecule has 0 aliphatic rings. The summed E-state index contributed by atoms with van der Waals surface area (Å²) in [6, 6.07) is 3.90. The van der Waals surface area contributed by atoms with Gasteiger partial charge in [-0.15, -0.1) is 0 Å². The van der Waals surface area contributed by atoms with E-state index < -0.39 is 0 Å². The number of phenols is 1. The molecule has 2 aromatic rings. The third-order valence-corrected chi connectivity index (χ3v) is 5.24. The van der Waals surface area contributed by atoms with Gasteiger partial charge in [-0.1, -0.05) is 93.9 Å². The van der Waals surface area contributed by atoms with Crippen LogP contribution in [0.3, 0.4) is 0 Å². The van der Waals surface area contributed by atoms with E-state index in [2.05, 4.69) is 75.7 Å². The molecular weight excluding hydrogens is 404 g/mol. The lowest BCUT2D eigenvalue weighted by molar-refractivity contribution is 0.423. The van der Waals surface area contributed by atoms with Crippen LogP contribution in [0.15, 0.2) is 18.5 Å². The van der Waals surface area contributed by atoms with Crippen LogP contribution in [-0.4, -0.2) is 20.1 Å². The number of nitrogens with one attached hydrogen (secondary N) is 2. The first kappa shape index (κ1) is 27.1. The molecule has 0 saturated heterocycles. The summed E-state index contributed by atoms with van der Waals surface area (Å²) < 4.78 is 0.369. The van der Waals surface area contributed by atoms with Gasteiger partial charge in [0, 0.05) is 16.8 Å². The lowest BCUT2D eigenvalue weighted by Gasteiger charge is -2.28. The van der Waals surface area contributed by atoms with Gasteiger partial charge in [0.1, 0.15) is 12.1 Å². The average molecular weight is 447 g/mol.